The molecule has 64 valence electrons. The Kier molecular flexibility index (Phi) is 1.81. The lowest BCUT2D eigenvalue weighted by atomic mass is 10.4. The molecule has 0 aliphatic carbocycles. The van der Waals surface area contributed by atoms with Crippen LogP contribution in [0, 0.1) is 0 Å². The third-order valence-electron chi connectivity index (χ3n) is 1.88. The molecule has 1 amide bonds. The molecule has 0 atom stereocenters. The van der Waals surface area contributed by atoms with Gasteiger partial charge in [-0.05, 0) is 6.92 Å². The topological polar surface area (TPSA) is 33.2 Å². The van der Waals surface area contributed by atoms with E-state index in [4.69, 9.17) is 11.6 Å². The zero-order chi connectivity index (χ0) is 8.72. The predicted molar refractivity (Wildman–Crippen MR) is 47.5 cm³/mol. The summed E-state index contributed by atoms with van der Waals surface area (Å²) in [5.74, 6) is 0.0666. The quantitative estimate of drug-likeness (QED) is 0.696. The standard InChI is InChI=1S/C7H7ClN2OS/c1-2-10-3-4-5(6(10)11)12-7(8)9-4/h2-3H2,1H3. The molecule has 0 spiro atoms. The van der Waals surface area contributed by atoms with Crippen LogP contribution in [0.3, 0.4) is 0 Å². The molecule has 1 aliphatic heterocycles. The maximum absolute atomic E-state index is 11.5. The van der Waals surface area contributed by atoms with Crippen molar-refractivity contribution < 1.29 is 4.79 Å². The molecule has 2 heterocycles. The predicted octanol–water partition coefficient (Wildman–Crippen LogP) is 1.77. The van der Waals surface area contributed by atoms with Crippen molar-refractivity contribution in [3.63, 3.8) is 0 Å². The summed E-state index contributed by atoms with van der Waals surface area (Å²) in [7, 11) is 0. The van der Waals surface area contributed by atoms with E-state index in [1.165, 1.54) is 11.3 Å². The van der Waals surface area contributed by atoms with E-state index < -0.39 is 0 Å². The number of thiazole rings is 1. The van der Waals surface area contributed by atoms with Gasteiger partial charge in [0.15, 0.2) is 4.47 Å². The van der Waals surface area contributed by atoms with Gasteiger partial charge in [-0.15, -0.1) is 0 Å². The summed E-state index contributed by atoms with van der Waals surface area (Å²) in [6.07, 6.45) is 0. The van der Waals surface area contributed by atoms with Gasteiger partial charge in [0.25, 0.3) is 5.91 Å². The van der Waals surface area contributed by atoms with E-state index >= 15 is 0 Å². The SMILES string of the molecule is CCN1Cc2nc(Cl)sc2C1=O. The largest absolute Gasteiger partial charge is 0.332 e. The zero-order valence-corrected chi connectivity index (χ0v) is 8.08. The van der Waals surface area contributed by atoms with Crippen LogP contribution >= 0.6 is 22.9 Å². The van der Waals surface area contributed by atoms with Gasteiger partial charge in [0, 0.05) is 6.54 Å². The summed E-state index contributed by atoms with van der Waals surface area (Å²) < 4.78 is 0.462. The Morgan fingerprint density at radius 1 is 1.75 bits per heavy atom. The van der Waals surface area contributed by atoms with Crippen molar-refractivity contribution in [3.05, 3.63) is 15.0 Å². The van der Waals surface area contributed by atoms with E-state index in [-0.39, 0.29) is 5.91 Å². The Balaban J connectivity index is 2.39. The lowest BCUT2D eigenvalue weighted by molar-refractivity contribution is 0.0790. The minimum Gasteiger partial charge on any atom is -0.332 e. The molecule has 0 radical (unpaired) electrons. The number of amides is 1. The molecular formula is C7H7ClN2OS. The molecule has 1 aromatic heterocycles. The second kappa shape index (κ2) is 2.71. The molecule has 0 fully saturated rings. The number of carbonyl (C=O) groups is 1. The van der Waals surface area contributed by atoms with Gasteiger partial charge in [0.2, 0.25) is 0 Å². The van der Waals surface area contributed by atoms with Crippen molar-refractivity contribution >= 4 is 28.8 Å². The van der Waals surface area contributed by atoms with Crippen molar-refractivity contribution in [3.8, 4) is 0 Å². The van der Waals surface area contributed by atoms with E-state index in [0.717, 1.165) is 12.2 Å². The molecule has 0 bridgehead atoms. The van der Waals surface area contributed by atoms with Crippen molar-refractivity contribution in [1.29, 1.82) is 0 Å². The van der Waals surface area contributed by atoms with Crippen LogP contribution in [0.2, 0.25) is 4.47 Å². The molecule has 0 aromatic carbocycles. The summed E-state index contributed by atoms with van der Waals surface area (Å²) >= 11 is 6.94. The molecule has 1 aliphatic rings. The van der Waals surface area contributed by atoms with Crippen LogP contribution in [0.1, 0.15) is 22.3 Å². The lowest BCUT2D eigenvalue weighted by Gasteiger charge is -2.10. The first-order chi connectivity index (χ1) is 5.72. The summed E-state index contributed by atoms with van der Waals surface area (Å²) in [5.41, 5.74) is 0.830. The minimum absolute atomic E-state index is 0.0666. The van der Waals surface area contributed by atoms with Crippen LogP contribution in [-0.2, 0) is 6.54 Å². The second-order valence-electron chi connectivity index (χ2n) is 2.56. The third-order valence-corrected chi connectivity index (χ3v) is 3.07. The molecule has 0 saturated heterocycles. The fourth-order valence-electron chi connectivity index (χ4n) is 1.25. The Labute approximate surface area is 79.0 Å². The van der Waals surface area contributed by atoms with Gasteiger partial charge >= 0.3 is 0 Å². The number of nitrogens with zero attached hydrogens (tertiary/aromatic N) is 2. The molecular weight excluding hydrogens is 196 g/mol. The Bertz CT molecular complexity index is 336. The maximum Gasteiger partial charge on any atom is 0.266 e. The van der Waals surface area contributed by atoms with Gasteiger partial charge in [0.1, 0.15) is 4.88 Å². The maximum atomic E-state index is 11.5. The van der Waals surface area contributed by atoms with E-state index in [1.54, 1.807) is 4.90 Å². The number of hydrogen-bond acceptors (Lipinski definition) is 3. The first-order valence-electron chi connectivity index (χ1n) is 3.67. The van der Waals surface area contributed by atoms with Gasteiger partial charge in [-0.1, -0.05) is 22.9 Å². The molecule has 1 aromatic rings. The van der Waals surface area contributed by atoms with Gasteiger partial charge in [0.05, 0.1) is 12.2 Å². The first kappa shape index (κ1) is 8.01. The van der Waals surface area contributed by atoms with Crippen LogP contribution in [0.5, 0.6) is 0 Å². The monoisotopic (exact) mass is 202 g/mol. The number of carbonyl (C=O) groups excluding carboxylic acids is 1. The molecule has 2 rings (SSSR count). The van der Waals surface area contributed by atoms with Crippen molar-refractivity contribution in [2.24, 2.45) is 0 Å². The highest BCUT2D eigenvalue weighted by Gasteiger charge is 2.29. The van der Waals surface area contributed by atoms with Gasteiger partial charge in [-0.25, -0.2) is 4.98 Å². The number of rotatable bonds is 1. The number of aromatic nitrogens is 1. The normalized spacial score (nSPS) is 15.5. The average molecular weight is 203 g/mol. The molecule has 0 unspecified atom stereocenters. The molecule has 5 heteroatoms. The van der Waals surface area contributed by atoms with Crippen molar-refractivity contribution in [2.75, 3.05) is 6.54 Å². The Hall–Kier alpha value is -0.610. The highest BCUT2D eigenvalue weighted by molar-refractivity contribution is 7.17. The summed E-state index contributed by atoms with van der Waals surface area (Å²) in [6, 6.07) is 0. The molecule has 0 saturated carbocycles. The van der Waals surface area contributed by atoms with Crippen LogP contribution in [0.25, 0.3) is 0 Å². The zero-order valence-electron chi connectivity index (χ0n) is 6.50. The van der Waals surface area contributed by atoms with E-state index in [9.17, 15) is 4.79 Å². The minimum atomic E-state index is 0.0666. The summed E-state index contributed by atoms with van der Waals surface area (Å²) in [5, 5.41) is 0. The number of halogens is 1. The van der Waals surface area contributed by atoms with Gasteiger partial charge in [-0.3, -0.25) is 4.79 Å². The lowest BCUT2D eigenvalue weighted by Crippen LogP contribution is -2.22. The number of fused-ring (bicyclic) bond motifs is 1. The fraction of sp³-hybridized carbons (Fsp3) is 0.429. The first-order valence-corrected chi connectivity index (χ1v) is 4.86. The molecule has 0 N–H and O–H groups in total. The smallest absolute Gasteiger partial charge is 0.266 e. The highest BCUT2D eigenvalue weighted by atomic mass is 35.5. The third kappa shape index (κ3) is 1.03. The second-order valence-corrected chi connectivity index (χ2v) is 4.14. The molecule has 12 heavy (non-hydrogen) atoms. The van der Waals surface area contributed by atoms with Crippen molar-refractivity contribution in [1.82, 2.24) is 9.88 Å². The fourth-order valence-corrected chi connectivity index (χ4v) is 2.35. The van der Waals surface area contributed by atoms with Crippen LogP contribution in [-0.4, -0.2) is 22.3 Å². The van der Waals surface area contributed by atoms with Crippen LogP contribution < -0.4 is 0 Å². The van der Waals surface area contributed by atoms with Gasteiger partial charge < -0.3 is 4.90 Å². The van der Waals surface area contributed by atoms with Gasteiger partial charge in [-0.2, -0.15) is 0 Å². The van der Waals surface area contributed by atoms with Crippen molar-refractivity contribution in [2.45, 2.75) is 13.5 Å². The Morgan fingerprint density at radius 2 is 2.50 bits per heavy atom. The molecule has 3 nitrogen and oxygen atoms in total. The summed E-state index contributed by atoms with van der Waals surface area (Å²) in [6.45, 7) is 3.31. The highest BCUT2D eigenvalue weighted by Crippen LogP contribution is 2.30. The van der Waals surface area contributed by atoms with Crippen LogP contribution in [0.15, 0.2) is 0 Å². The van der Waals surface area contributed by atoms with Crippen LogP contribution in [0.4, 0.5) is 0 Å². The van der Waals surface area contributed by atoms with E-state index in [2.05, 4.69) is 4.98 Å². The van der Waals surface area contributed by atoms with E-state index in [0.29, 0.717) is 15.9 Å². The van der Waals surface area contributed by atoms with E-state index in [1.807, 2.05) is 6.92 Å². The average Bonchev–Trinajstić information content (AvgIpc) is 2.51. The summed E-state index contributed by atoms with van der Waals surface area (Å²) in [4.78, 5) is 18.0. The number of hydrogen-bond donors (Lipinski definition) is 0. The Morgan fingerprint density at radius 3 is 3.08 bits per heavy atom.